The maximum Gasteiger partial charge on any atom is 0.0947 e. The zero-order chi connectivity index (χ0) is 10.3. The molecule has 0 rings (SSSR count). The summed E-state index contributed by atoms with van der Waals surface area (Å²) in [6.45, 7) is 7.53. The third-order valence-electron chi connectivity index (χ3n) is 2.12. The van der Waals surface area contributed by atoms with Crippen LogP contribution < -0.4 is 5.73 Å². The largest absolute Gasteiger partial charge is 0.387 e. The third-order valence-corrected chi connectivity index (χ3v) is 2.12. The molecule has 4 nitrogen and oxygen atoms in total. The van der Waals surface area contributed by atoms with E-state index in [0.29, 0.717) is 0 Å². The topological polar surface area (TPSA) is 62.3 Å². The molecular weight excluding hydrogens is 166 g/mol. The van der Waals surface area contributed by atoms with Crippen LogP contribution in [0.2, 0.25) is 0 Å². The molecule has 0 saturated heterocycles. The van der Waals surface area contributed by atoms with Crippen molar-refractivity contribution in [3.05, 3.63) is 0 Å². The average Bonchev–Trinajstić information content (AvgIpc) is 2.11. The van der Waals surface area contributed by atoms with Crippen LogP contribution in [0.3, 0.4) is 0 Å². The van der Waals surface area contributed by atoms with E-state index >= 15 is 0 Å². The standard InChI is InChI=1S/C9H21N3O/c1-4-12(5-6-13-3)7-8(2)9(10)11/h8H,4-7H2,1-3H3,(H3,10,11). The lowest BCUT2D eigenvalue weighted by atomic mass is 10.1. The van der Waals surface area contributed by atoms with Crippen molar-refractivity contribution in [1.29, 1.82) is 5.41 Å². The van der Waals surface area contributed by atoms with Crippen molar-refractivity contribution in [2.24, 2.45) is 11.7 Å². The van der Waals surface area contributed by atoms with Crippen molar-refractivity contribution in [3.63, 3.8) is 0 Å². The van der Waals surface area contributed by atoms with E-state index in [1.54, 1.807) is 7.11 Å². The normalized spacial score (nSPS) is 13.2. The van der Waals surface area contributed by atoms with Crippen molar-refractivity contribution < 1.29 is 4.74 Å². The van der Waals surface area contributed by atoms with Crippen molar-refractivity contribution in [3.8, 4) is 0 Å². The zero-order valence-electron chi connectivity index (χ0n) is 8.84. The van der Waals surface area contributed by atoms with Gasteiger partial charge in [-0.1, -0.05) is 13.8 Å². The first-order chi connectivity index (χ1) is 6.11. The Morgan fingerprint density at radius 3 is 2.62 bits per heavy atom. The summed E-state index contributed by atoms with van der Waals surface area (Å²) in [5.74, 6) is 0.396. The van der Waals surface area contributed by atoms with Crippen LogP contribution >= 0.6 is 0 Å². The van der Waals surface area contributed by atoms with Gasteiger partial charge in [-0.2, -0.15) is 0 Å². The molecule has 0 aromatic carbocycles. The van der Waals surface area contributed by atoms with Gasteiger partial charge in [0.05, 0.1) is 12.4 Å². The molecule has 0 aliphatic heterocycles. The molecule has 0 saturated carbocycles. The first-order valence-corrected chi connectivity index (χ1v) is 4.67. The maximum atomic E-state index is 7.27. The van der Waals surface area contributed by atoms with Crippen LogP contribution in [0.25, 0.3) is 0 Å². The van der Waals surface area contributed by atoms with E-state index in [1.165, 1.54) is 0 Å². The molecule has 1 atom stereocenters. The van der Waals surface area contributed by atoms with E-state index in [9.17, 15) is 0 Å². The lowest BCUT2D eigenvalue weighted by molar-refractivity contribution is 0.147. The van der Waals surface area contributed by atoms with Gasteiger partial charge in [0, 0.05) is 26.1 Å². The summed E-state index contributed by atoms with van der Waals surface area (Å²) in [5, 5.41) is 7.27. The molecule has 0 fully saturated rings. The van der Waals surface area contributed by atoms with Crippen LogP contribution in [0.4, 0.5) is 0 Å². The van der Waals surface area contributed by atoms with Gasteiger partial charge in [-0.25, -0.2) is 0 Å². The highest BCUT2D eigenvalue weighted by Gasteiger charge is 2.10. The Hall–Kier alpha value is -0.610. The van der Waals surface area contributed by atoms with Crippen LogP contribution in [0.15, 0.2) is 0 Å². The molecule has 0 aromatic heterocycles. The van der Waals surface area contributed by atoms with E-state index in [1.807, 2.05) is 6.92 Å². The molecule has 0 aliphatic rings. The van der Waals surface area contributed by atoms with Gasteiger partial charge in [-0.3, -0.25) is 5.41 Å². The number of ether oxygens (including phenoxy) is 1. The van der Waals surface area contributed by atoms with Crippen LogP contribution in [0.1, 0.15) is 13.8 Å². The summed E-state index contributed by atoms with van der Waals surface area (Å²) in [7, 11) is 1.70. The lowest BCUT2D eigenvalue weighted by Gasteiger charge is -2.23. The molecule has 0 heterocycles. The second-order valence-electron chi connectivity index (χ2n) is 3.24. The van der Waals surface area contributed by atoms with Gasteiger partial charge in [0.2, 0.25) is 0 Å². The highest BCUT2D eigenvalue weighted by molar-refractivity contribution is 5.79. The van der Waals surface area contributed by atoms with Gasteiger partial charge in [0.1, 0.15) is 0 Å². The number of methoxy groups -OCH3 is 1. The number of nitrogens with zero attached hydrogens (tertiary/aromatic N) is 1. The van der Waals surface area contributed by atoms with Gasteiger partial charge < -0.3 is 15.4 Å². The fraction of sp³-hybridized carbons (Fsp3) is 0.889. The summed E-state index contributed by atoms with van der Waals surface area (Å²) in [6.07, 6.45) is 0. The number of rotatable bonds is 7. The molecule has 13 heavy (non-hydrogen) atoms. The summed E-state index contributed by atoms with van der Waals surface area (Å²) in [5.41, 5.74) is 5.39. The molecule has 0 bridgehead atoms. The Labute approximate surface area is 80.6 Å². The van der Waals surface area contributed by atoms with E-state index in [-0.39, 0.29) is 11.8 Å². The predicted molar refractivity (Wildman–Crippen MR) is 55.1 cm³/mol. The molecule has 0 aromatic rings. The average molecular weight is 187 g/mol. The van der Waals surface area contributed by atoms with E-state index in [0.717, 1.165) is 26.2 Å². The monoisotopic (exact) mass is 187 g/mol. The molecule has 0 spiro atoms. The minimum atomic E-state index is 0.136. The molecule has 0 radical (unpaired) electrons. The van der Waals surface area contributed by atoms with Crippen molar-refractivity contribution in [2.75, 3.05) is 33.4 Å². The summed E-state index contributed by atoms with van der Waals surface area (Å²) < 4.78 is 4.99. The third kappa shape index (κ3) is 5.60. The van der Waals surface area contributed by atoms with E-state index < -0.39 is 0 Å². The number of hydrogen-bond donors (Lipinski definition) is 2. The maximum absolute atomic E-state index is 7.27. The fourth-order valence-electron chi connectivity index (χ4n) is 1.08. The molecule has 4 heteroatoms. The van der Waals surface area contributed by atoms with Gasteiger partial charge in [-0.05, 0) is 6.54 Å². The van der Waals surface area contributed by atoms with Gasteiger partial charge >= 0.3 is 0 Å². The van der Waals surface area contributed by atoms with Crippen LogP contribution in [-0.2, 0) is 4.74 Å². The number of amidine groups is 1. The Morgan fingerprint density at radius 1 is 1.62 bits per heavy atom. The SMILES string of the molecule is CCN(CCOC)CC(C)C(=N)N. The number of likely N-dealkylation sites (N-methyl/N-ethyl adjacent to an activating group) is 1. The highest BCUT2D eigenvalue weighted by Crippen LogP contribution is 1.98. The number of nitrogens with one attached hydrogen (secondary N) is 1. The molecule has 0 amide bonds. The summed E-state index contributed by atoms with van der Waals surface area (Å²) in [6, 6.07) is 0. The Kier molecular flexibility index (Phi) is 6.54. The fourth-order valence-corrected chi connectivity index (χ4v) is 1.08. The van der Waals surface area contributed by atoms with E-state index in [4.69, 9.17) is 15.9 Å². The Morgan fingerprint density at radius 2 is 2.23 bits per heavy atom. The van der Waals surface area contributed by atoms with Crippen molar-refractivity contribution in [2.45, 2.75) is 13.8 Å². The number of hydrogen-bond acceptors (Lipinski definition) is 3. The van der Waals surface area contributed by atoms with Crippen LogP contribution in [0.5, 0.6) is 0 Å². The van der Waals surface area contributed by atoms with Gasteiger partial charge in [-0.15, -0.1) is 0 Å². The minimum Gasteiger partial charge on any atom is -0.387 e. The molecule has 3 N–H and O–H groups in total. The second-order valence-corrected chi connectivity index (χ2v) is 3.24. The highest BCUT2D eigenvalue weighted by atomic mass is 16.5. The Bertz CT molecular complexity index is 150. The second kappa shape index (κ2) is 6.86. The smallest absolute Gasteiger partial charge is 0.0947 e. The summed E-state index contributed by atoms with van der Waals surface area (Å²) >= 11 is 0. The lowest BCUT2D eigenvalue weighted by Crippen LogP contribution is -2.36. The summed E-state index contributed by atoms with van der Waals surface area (Å²) in [4.78, 5) is 2.23. The van der Waals surface area contributed by atoms with Crippen molar-refractivity contribution >= 4 is 5.84 Å². The zero-order valence-corrected chi connectivity index (χ0v) is 8.84. The Balaban J connectivity index is 3.75. The number of nitrogens with two attached hydrogens (primary N) is 1. The molecule has 1 unspecified atom stereocenters. The molecular formula is C9H21N3O. The van der Waals surface area contributed by atoms with Crippen molar-refractivity contribution in [1.82, 2.24) is 4.90 Å². The van der Waals surface area contributed by atoms with Crippen LogP contribution in [-0.4, -0.2) is 44.1 Å². The molecule has 0 aliphatic carbocycles. The van der Waals surface area contributed by atoms with Gasteiger partial charge in [0.15, 0.2) is 0 Å². The minimum absolute atomic E-state index is 0.136. The quantitative estimate of drug-likeness (QED) is 0.451. The molecule has 78 valence electrons. The first kappa shape index (κ1) is 12.4. The van der Waals surface area contributed by atoms with Gasteiger partial charge in [0.25, 0.3) is 0 Å². The van der Waals surface area contributed by atoms with E-state index in [2.05, 4.69) is 11.8 Å². The van der Waals surface area contributed by atoms with Crippen LogP contribution in [0, 0.1) is 11.3 Å². The first-order valence-electron chi connectivity index (χ1n) is 4.67. The predicted octanol–water partition coefficient (Wildman–Crippen LogP) is 0.527.